The quantitative estimate of drug-likeness (QED) is 0.638. The number of para-hydroxylation sites is 2. The van der Waals surface area contributed by atoms with E-state index in [0.29, 0.717) is 0 Å². The van der Waals surface area contributed by atoms with E-state index in [9.17, 15) is 14.4 Å². The lowest BCUT2D eigenvalue weighted by Gasteiger charge is -2.11. The summed E-state index contributed by atoms with van der Waals surface area (Å²) >= 11 is 0. The maximum atomic E-state index is 12.4. The van der Waals surface area contributed by atoms with Crippen LogP contribution in [-0.2, 0) is 4.79 Å². The van der Waals surface area contributed by atoms with Gasteiger partial charge in [-0.3, -0.25) is 4.79 Å². The maximum absolute atomic E-state index is 12.4. The number of esters is 2. The molecule has 25 heavy (non-hydrogen) atoms. The summed E-state index contributed by atoms with van der Waals surface area (Å²) in [6.07, 6.45) is 0.214. The van der Waals surface area contributed by atoms with Gasteiger partial charge in [0.1, 0.15) is 22.6 Å². The molecule has 0 aliphatic rings. The molecule has 0 aromatic heterocycles. The molecule has 0 saturated heterocycles. The van der Waals surface area contributed by atoms with E-state index >= 15 is 0 Å². The van der Waals surface area contributed by atoms with Crippen molar-refractivity contribution in [2.75, 3.05) is 0 Å². The summed E-state index contributed by atoms with van der Waals surface area (Å²) in [6.45, 7) is 3.76. The van der Waals surface area contributed by atoms with E-state index in [1.165, 1.54) is 30.3 Å². The van der Waals surface area contributed by atoms with Gasteiger partial charge in [-0.05, 0) is 30.2 Å². The normalized spacial score (nSPS) is 10.4. The van der Waals surface area contributed by atoms with Crippen molar-refractivity contribution in [2.45, 2.75) is 20.3 Å². The van der Waals surface area contributed by atoms with E-state index in [2.05, 4.69) is 0 Å². The highest BCUT2D eigenvalue weighted by Crippen LogP contribution is 2.24. The lowest BCUT2D eigenvalue weighted by molar-refractivity contribution is -0.135. The number of rotatable bonds is 6. The van der Waals surface area contributed by atoms with Crippen LogP contribution in [0.1, 0.15) is 41.0 Å². The average Bonchev–Trinajstić information content (AvgIpc) is 2.54. The molecule has 0 unspecified atom stereocenters. The topological polar surface area (TPSA) is 89.9 Å². The standard InChI is InChI=1S/C19H18O6/c1-12(2)11-17(20)24-16-10-6-4-8-14(16)19(23)25-15-9-5-3-7-13(15)18(21)22/h3-10,12H,11H2,1-2H3,(H,21,22). The molecule has 0 fully saturated rings. The zero-order valence-electron chi connectivity index (χ0n) is 13.9. The Hall–Kier alpha value is -3.15. The van der Waals surface area contributed by atoms with Crippen molar-refractivity contribution in [1.29, 1.82) is 0 Å². The number of ether oxygens (including phenoxy) is 2. The van der Waals surface area contributed by atoms with Gasteiger partial charge in [-0.2, -0.15) is 0 Å². The van der Waals surface area contributed by atoms with Gasteiger partial charge in [0.2, 0.25) is 0 Å². The number of hydrogen-bond donors (Lipinski definition) is 1. The summed E-state index contributed by atoms with van der Waals surface area (Å²) in [5.74, 6) is -2.36. The summed E-state index contributed by atoms with van der Waals surface area (Å²) in [5, 5.41) is 9.15. The van der Waals surface area contributed by atoms with Crippen molar-refractivity contribution in [2.24, 2.45) is 5.92 Å². The van der Waals surface area contributed by atoms with Crippen molar-refractivity contribution < 1.29 is 29.0 Å². The van der Waals surface area contributed by atoms with Gasteiger partial charge in [-0.15, -0.1) is 0 Å². The number of carbonyl (C=O) groups is 3. The van der Waals surface area contributed by atoms with Crippen molar-refractivity contribution in [3.63, 3.8) is 0 Å². The lowest BCUT2D eigenvalue weighted by Crippen LogP contribution is -2.16. The summed E-state index contributed by atoms with van der Waals surface area (Å²) in [6, 6.07) is 12.0. The number of carboxylic acids is 1. The van der Waals surface area contributed by atoms with Crippen molar-refractivity contribution in [3.8, 4) is 11.5 Å². The highest BCUT2D eigenvalue weighted by Gasteiger charge is 2.20. The average molecular weight is 342 g/mol. The first-order valence-corrected chi connectivity index (χ1v) is 7.72. The number of aromatic carboxylic acids is 1. The van der Waals surface area contributed by atoms with Gasteiger partial charge in [-0.25, -0.2) is 9.59 Å². The number of hydrogen-bond acceptors (Lipinski definition) is 5. The molecule has 0 radical (unpaired) electrons. The summed E-state index contributed by atoms with van der Waals surface area (Å²) in [4.78, 5) is 35.4. The molecule has 0 bridgehead atoms. The van der Waals surface area contributed by atoms with E-state index in [1.807, 2.05) is 13.8 Å². The molecule has 2 aromatic carbocycles. The van der Waals surface area contributed by atoms with Gasteiger partial charge in [0.15, 0.2) is 0 Å². The van der Waals surface area contributed by atoms with Gasteiger partial charge in [0.25, 0.3) is 0 Å². The van der Waals surface area contributed by atoms with Crippen molar-refractivity contribution in [1.82, 2.24) is 0 Å². The second kappa shape index (κ2) is 8.10. The molecule has 0 aliphatic carbocycles. The Labute approximate surface area is 145 Å². The minimum atomic E-state index is -1.21. The Morgan fingerprint density at radius 1 is 0.880 bits per heavy atom. The van der Waals surface area contributed by atoms with Crippen molar-refractivity contribution in [3.05, 3.63) is 59.7 Å². The number of carboxylic acid groups (broad SMARTS) is 1. The first kappa shape index (κ1) is 18.2. The monoisotopic (exact) mass is 342 g/mol. The molecule has 0 amide bonds. The van der Waals surface area contributed by atoms with Crippen LogP contribution in [0.25, 0.3) is 0 Å². The zero-order chi connectivity index (χ0) is 18.4. The third-order valence-electron chi connectivity index (χ3n) is 3.23. The van der Waals surface area contributed by atoms with Crippen LogP contribution in [0.3, 0.4) is 0 Å². The van der Waals surface area contributed by atoms with E-state index in [1.54, 1.807) is 18.2 Å². The predicted molar refractivity (Wildman–Crippen MR) is 89.9 cm³/mol. The predicted octanol–water partition coefficient (Wildman–Crippen LogP) is 3.56. The maximum Gasteiger partial charge on any atom is 0.347 e. The van der Waals surface area contributed by atoms with E-state index in [0.717, 1.165) is 0 Å². The number of carbonyl (C=O) groups excluding carboxylic acids is 2. The SMILES string of the molecule is CC(C)CC(=O)Oc1ccccc1C(=O)Oc1ccccc1C(=O)O. The van der Waals surface area contributed by atoms with Gasteiger partial charge < -0.3 is 14.6 Å². The van der Waals surface area contributed by atoms with Gasteiger partial charge in [-0.1, -0.05) is 38.1 Å². The Morgan fingerprint density at radius 2 is 1.40 bits per heavy atom. The summed E-state index contributed by atoms with van der Waals surface area (Å²) < 4.78 is 10.4. The first-order valence-electron chi connectivity index (χ1n) is 7.72. The van der Waals surface area contributed by atoms with Crippen LogP contribution in [0.15, 0.2) is 48.5 Å². The van der Waals surface area contributed by atoms with E-state index < -0.39 is 17.9 Å². The van der Waals surface area contributed by atoms with E-state index in [-0.39, 0.29) is 35.0 Å². The third kappa shape index (κ3) is 4.91. The molecule has 1 N–H and O–H groups in total. The third-order valence-corrected chi connectivity index (χ3v) is 3.23. The summed E-state index contributed by atoms with van der Waals surface area (Å²) in [7, 11) is 0. The molecule has 6 nitrogen and oxygen atoms in total. The molecule has 130 valence electrons. The Morgan fingerprint density at radius 3 is 1.96 bits per heavy atom. The Kier molecular flexibility index (Phi) is 5.89. The van der Waals surface area contributed by atoms with E-state index in [4.69, 9.17) is 14.6 Å². The van der Waals surface area contributed by atoms with Crippen LogP contribution < -0.4 is 9.47 Å². The molecule has 0 heterocycles. The molecule has 6 heteroatoms. The minimum Gasteiger partial charge on any atom is -0.478 e. The molecular weight excluding hydrogens is 324 g/mol. The molecule has 0 aliphatic heterocycles. The smallest absolute Gasteiger partial charge is 0.347 e. The molecule has 2 aromatic rings. The van der Waals surface area contributed by atoms with Crippen LogP contribution >= 0.6 is 0 Å². The second-order valence-corrected chi connectivity index (χ2v) is 5.76. The highest BCUT2D eigenvalue weighted by molar-refractivity contribution is 5.97. The van der Waals surface area contributed by atoms with Crippen LogP contribution in [0, 0.1) is 5.92 Å². The fourth-order valence-corrected chi connectivity index (χ4v) is 2.11. The lowest BCUT2D eigenvalue weighted by atomic mass is 10.1. The largest absolute Gasteiger partial charge is 0.478 e. The minimum absolute atomic E-state index is 0.0415. The summed E-state index contributed by atoms with van der Waals surface area (Å²) in [5.41, 5.74) is -0.0927. The molecule has 0 atom stereocenters. The van der Waals surface area contributed by atoms with Crippen LogP contribution in [-0.4, -0.2) is 23.0 Å². The van der Waals surface area contributed by atoms with Gasteiger partial charge >= 0.3 is 17.9 Å². The number of benzene rings is 2. The van der Waals surface area contributed by atoms with Gasteiger partial charge in [0.05, 0.1) is 0 Å². The molecule has 0 saturated carbocycles. The second-order valence-electron chi connectivity index (χ2n) is 5.76. The van der Waals surface area contributed by atoms with Crippen LogP contribution in [0.4, 0.5) is 0 Å². The fourth-order valence-electron chi connectivity index (χ4n) is 2.11. The van der Waals surface area contributed by atoms with Crippen LogP contribution in [0.2, 0.25) is 0 Å². The zero-order valence-corrected chi connectivity index (χ0v) is 13.9. The highest BCUT2D eigenvalue weighted by atomic mass is 16.6. The van der Waals surface area contributed by atoms with Crippen molar-refractivity contribution >= 4 is 17.9 Å². The Balaban J connectivity index is 2.23. The Bertz CT molecular complexity index is 794. The van der Waals surface area contributed by atoms with Crippen LogP contribution in [0.5, 0.6) is 11.5 Å². The first-order chi connectivity index (χ1) is 11.9. The molecule has 2 rings (SSSR count). The fraction of sp³-hybridized carbons (Fsp3) is 0.211. The molecular formula is C19H18O6. The van der Waals surface area contributed by atoms with Gasteiger partial charge in [0, 0.05) is 6.42 Å². The molecule has 0 spiro atoms.